The average Bonchev–Trinajstić information content (AvgIpc) is 2.28. The van der Waals surface area contributed by atoms with Gasteiger partial charge >= 0.3 is 0 Å². The number of nitrogens with two attached hydrogens (primary N) is 1. The molecule has 0 amide bonds. The van der Waals surface area contributed by atoms with Crippen LogP contribution in [0.1, 0.15) is 5.56 Å². The van der Waals surface area contributed by atoms with Crippen LogP contribution in [0.2, 0.25) is 5.02 Å². The summed E-state index contributed by atoms with van der Waals surface area (Å²) in [5.41, 5.74) is 6.31. The second-order valence-corrected chi connectivity index (χ2v) is 5.36. The molecule has 0 spiro atoms. The lowest BCUT2D eigenvalue weighted by Gasteiger charge is -2.10. The molecule has 2 N–H and O–H groups in total. The van der Waals surface area contributed by atoms with Crippen LogP contribution in [0.25, 0.3) is 0 Å². The molecule has 0 aliphatic rings. The van der Waals surface area contributed by atoms with Crippen molar-refractivity contribution in [3.63, 3.8) is 0 Å². The van der Waals surface area contributed by atoms with E-state index in [1.54, 1.807) is 18.2 Å². The molecule has 2 rings (SSSR count). The van der Waals surface area contributed by atoms with Gasteiger partial charge in [-0.15, -0.1) is 0 Å². The molecule has 0 bridgehead atoms. The Morgan fingerprint density at radius 1 is 1.22 bits per heavy atom. The summed E-state index contributed by atoms with van der Waals surface area (Å²) < 4.78 is 6.68. The maximum Gasteiger partial charge on any atom is 0.139 e. The molecule has 0 aliphatic carbocycles. The summed E-state index contributed by atoms with van der Waals surface area (Å²) in [7, 11) is 0. The van der Waals surface area contributed by atoms with Crippen LogP contribution in [-0.4, -0.2) is 4.99 Å². The highest BCUT2D eigenvalue weighted by molar-refractivity contribution is 9.10. The molecule has 0 aliphatic heterocycles. The quantitative estimate of drug-likeness (QED) is 0.832. The van der Waals surface area contributed by atoms with Crippen LogP contribution in [0.15, 0.2) is 46.9 Å². The van der Waals surface area contributed by atoms with E-state index in [0.717, 1.165) is 4.47 Å². The fraction of sp³-hybridized carbons (Fsp3) is 0. The Bertz CT molecular complexity index is 603. The van der Waals surface area contributed by atoms with Gasteiger partial charge in [-0.2, -0.15) is 0 Å². The minimum atomic E-state index is 0.275. The van der Waals surface area contributed by atoms with Crippen LogP contribution < -0.4 is 10.5 Å². The zero-order valence-corrected chi connectivity index (χ0v) is 12.3. The summed E-state index contributed by atoms with van der Waals surface area (Å²) in [6.45, 7) is 0. The standard InChI is InChI=1S/C13H9BrClNOS/c14-8-2-1-3-10(6-8)17-12-7-9(15)4-5-11(12)13(16)18/h1-7H,(H2,16,18). The van der Waals surface area contributed by atoms with Crippen molar-refractivity contribution >= 4 is 44.7 Å². The van der Waals surface area contributed by atoms with Crippen molar-refractivity contribution in [1.29, 1.82) is 0 Å². The maximum atomic E-state index is 5.95. The average molecular weight is 343 g/mol. The first-order valence-corrected chi connectivity index (χ1v) is 6.67. The lowest BCUT2D eigenvalue weighted by molar-refractivity contribution is 0.481. The Balaban J connectivity index is 2.39. The maximum absolute atomic E-state index is 5.95. The van der Waals surface area contributed by atoms with Crippen molar-refractivity contribution in [2.45, 2.75) is 0 Å². The predicted octanol–water partition coefficient (Wildman–Crippen LogP) is 4.53. The summed E-state index contributed by atoms with van der Waals surface area (Å²) in [6, 6.07) is 12.7. The molecule has 0 saturated heterocycles. The zero-order valence-electron chi connectivity index (χ0n) is 9.19. The summed E-state index contributed by atoms with van der Waals surface area (Å²) in [4.78, 5) is 0.275. The molecule has 0 atom stereocenters. The van der Waals surface area contributed by atoms with E-state index in [2.05, 4.69) is 15.9 Å². The van der Waals surface area contributed by atoms with E-state index in [9.17, 15) is 0 Å². The number of halogens is 2. The largest absolute Gasteiger partial charge is 0.457 e. The lowest BCUT2D eigenvalue weighted by Crippen LogP contribution is -2.10. The Hall–Kier alpha value is -1.10. The van der Waals surface area contributed by atoms with E-state index < -0.39 is 0 Å². The van der Waals surface area contributed by atoms with Gasteiger partial charge in [-0.3, -0.25) is 0 Å². The molecule has 5 heteroatoms. The lowest BCUT2D eigenvalue weighted by atomic mass is 10.2. The van der Waals surface area contributed by atoms with Crippen molar-refractivity contribution < 1.29 is 4.74 Å². The minimum Gasteiger partial charge on any atom is -0.457 e. The fourth-order valence-electron chi connectivity index (χ4n) is 1.44. The van der Waals surface area contributed by atoms with Gasteiger partial charge in [-0.05, 0) is 30.3 Å². The molecule has 0 saturated carbocycles. The molecule has 2 aromatic rings. The summed E-state index contributed by atoms with van der Waals surface area (Å²) in [5, 5.41) is 0.569. The van der Waals surface area contributed by atoms with E-state index in [4.69, 9.17) is 34.3 Å². The number of thiocarbonyl (C=S) groups is 1. The Morgan fingerprint density at radius 3 is 2.67 bits per heavy atom. The van der Waals surface area contributed by atoms with E-state index in [-0.39, 0.29) is 4.99 Å². The first kappa shape index (κ1) is 13.3. The number of hydrogen-bond donors (Lipinski definition) is 1. The van der Waals surface area contributed by atoms with Crippen molar-refractivity contribution in [1.82, 2.24) is 0 Å². The number of ether oxygens (including phenoxy) is 1. The van der Waals surface area contributed by atoms with Crippen molar-refractivity contribution in [3.05, 3.63) is 57.5 Å². The second kappa shape index (κ2) is 5.69. The molecule has 2 nitrogen and oxygen atoms in total. The molecule has 0 aromatic heterocycles. The first-order chi connectivity index (χ1) is 8.56. The van der Waals surface area contributed by atoms with E-state index >= 15 is 0 Å². The third-order valence-corrected chi connectivity index (χ3v) is 3.18. The molecule has 0 radical (unpaired) electrons. The normalized spacial score (nSPS) is 10.1. The minimum absolute atomic E-state index is 0.275. The highest BCUT2D eigenvalue weighted by atomic mass is 79.9. The topological polar surface area (TPSA) is 35.2 Å². The number of benzene rings is 2. The van der Waals surface area contributed by atoms with Crippen LogP contribution in [0.5, 0.6) is 11.5 Å². The van der Waals surface area contributed by atoms with Gasteiger partial charge in [0.25, 0.3) is 0 Å². The van der Waals surface area contributed by atoms with E-state index in [0.29, 0.717) is 22.1 Å². The number of rotatable bonds is 3. The molecular weight excluding hydrogens is 334 g/mol. The predicted molar refractivity (Wildman–Crippen MR) is 81.6 cm³/mol. The van der Waals surface area contributed by atoms with Gasteiger partial charge < -0.3 is 10.5 Å². The van der Waals surface area contributed by atoms with E-state index in [1.807, 2.05) is 24.3 Å². The van der Waals surface area contributed by atoms with Crippen LogP contribution in [0, 0.1) is 0 Å². The molecule has 92 valence electrons. The summed E-state index contributed by atoms with van der Waals surface area (Å²) in [5.74, 6) is 1.23. The van der Waals surface area contributed by atoms with Crippen molar-refractivity contribution in [3.8, 4) is 11.5 Å². The van der Waals surface area contributed by atoms with Gasteiger partial charge in [0.15, 0.2) is 0 Å². The molecule has 0 fully saturated rings. The molecule has 0 heterocycles. The highest BCUT2D eigenvalue weighted by Crippen LogP contribution is 2.29. The third-order valence-electron chi connectivity index (χ3n) is 2.23. The SMILES string of the molecule is NC(=S)c1ccc(Cl)cc1Oc1cccc(Br)c1. The Kier molecular flexibility index (Phi) is 4.22. The smallest absolute Gasteiger partial charge is 0.139 e. The Morgan fingerprint density at radius 2 is 2.00 bits per heavy atom. The molecular formula is C13H9BrClNOS. The van der Waals surface area contributed by atoms with Gasteiger partial charge in [0.1, 0.15) is 16.5 Å². The fourth-order valence-corrected chi connectivity index (χ4v) is 2.15. The van der Waals surface area contributed by atoms with Gasteiger partial charge in [-0.1, -0.05) is 45.8 Å². The van der Waals surface area contributed by atoms with Crippen LogP contribution in [0.3, 0.4) is 0 Å². The van der Waals surface area contributed by atoms with E-state index in [1.165, 1.54) is 0 Å². The van der Waals surface area contributed by atoms with Crippen LogP contribution in [-0.2, 0) is 0 Å². The molecule has 18 heavy (non-hydrogen) atoms. The van der Waals surface area contributed by atoms with Gasteiger partial charge in [-0.25, -0.2) is 0 Å². The van der Waals surface area contributed by atoms with Crippen molar-refractivity contribution in [2.75, 3.05) is 0 Å². The second-order valence-electron chi connectivity index (χ2n) is 3.56. The van der Waals surface area contributed by atoms with Gasteiger partial charge in [0.05, 0.1) is 5.56 Å². The molecule has 0 unspecified atom stereocenters. The first-order valence-electron chi connectivity index (χ1n) is 5.09. The summed E-state index contributed by atoms with van der Waals surface area (Å²) in [6.07, 6.45) is 0. The van der Waals surface area contributed by atoms with Gasteiger partial charge in [0, 0.05) is 15.6 Å². The highest BCUT2D eigenvalue weighted by Gasteiger charge is 2.08. The Labute approximate surface area is 124 Å². The van der Waals surface area contributed by atoms with Crippen molar-refractivity contribution in [2.24, 2.45) is 5.73 Å². The number of hydrogen-bond acceptors (Lipinski definition) is 2. The summed E-state index contributed by atoms with van der Waals surface area (Å²) >= 11 is 14.3. The van der Waals surface area contributed by atoms with Crippen LogP contribution in [0.4, 0.5) is 0 Å². The van der Waals surface area contributed by atoms with Crippen LogP contribution >= 0.6 is 39.7 Å². The molecule has 2 aromatic carbocycles. The third kappa shape index (κ3) is 3.22. The van der Waals surface area contributed by atoms with Gasteiger partial charge in [0.2, 0.25) is 0 Å². The zero-order chi connectivity index (χ0) is 13.1. The monoisotopic (exact) mass is 341 g/mol.